The SMILES string of the molecule is Cc1ccc(CN(C)c2cc(Br)cc(C#N)c2)o1. The van der Waals surface area contributed by atoms with Crippen LogP contribution in [0.2, 0.25) is 0 Å². The molecule has 0 saturated heterocycles. The Hall–Kier alpha value is -1.73. The highest BCUT2D eigenvalue weighted by atomic mass is 79.9. The Morgan fingerprint density at radius 1 is 1.33 bits per heavy atom. The molecule has 18 heavy (non-hydrogen) atoms. The number of halogens is 1. The van der Waals surface area contributed by atoms with E-state index >= 15 is 0 Å². The van der Waals surface area contributed by atoms with Crippen molar-refractivity contribution >= 4 is 21.6 Å². The number of rotatable bonds is 3. The minimum Gasteiger partial charge on any atom is -0.464 e. The molecule has 0 bridgehead atoms. The molecule has 3 nitrogen and oxygen atoms in total. The fourth-order valence-electron chi connectivity index (χ4n) is 1.75. The summed E-state index contributed by atoms with van der Waals surface area (Å²) in [6, 6.07) is 11.7. The molecule has 0 radical (unpaired) electrons. The van der Waals surface area contributed by atoms with Crippen molar-refractivity contribution in [2.24, 2.45) is 0 Å². The van der Waals surface area contributed by atoms with Crippen molar-refractivity contribution in [3.63, 3.8) is 0 Å². The summed E-state index contributed by atoms with van der Waals surface area (Å²) < 4.78 is 6.45. The zero-order valence-electron chi connectivity index (χ0n) is 10.3. The molecular weight excluding hydrogens is 292 g/mol. The molecule has 4 heteroatoms. The maximum absolute atomic E-state index is 8.95. The lowest BCUT2D eigenvalue weighted by Crippen LogP contribution is -2.16. The van der Waals surface area contributed by atoms with E-state index in [9.17, 15) is 0 Å². The third kappa shape index (κ3) is 2.93. The van der Waals surface area contributed by atoms with E-state index in [4.69, 9.17) is 9.68 Å². The topological polar surface area (TPSA) is 40.2 Å². The van der Waals surface area contributed by atoms with E-state index in [2.05, 4.69) is 22.0 Å². The molecule has 1 aromatic carbocycles. The largest absolute Gasteiger partial charge is 0.464 e. The summed E-state index contributed by atoms with van der Waals surface area (Å²) in [5, 5.41) is 8.95. The van der Waals surface area contributed by atoms with Crippen molar-refractivity contribution in [1.29, 1.82) is 5.26 Å². The van der Waals surface area contributed by atoms with Gasteiger partial charge in [-0.1, -0.05) is 15.9 Å². The van der Waals surface area contributed by atoms with Gasteiger partial charge in [0.05, 0.1) is 18.2 Å². The van der Waals surface area contributed by atoms with Crippen LogP contribution in [0.3, 0.4) is 0 Å². The second kappa shape index (κ2) is 5.28. The van der Waals surface area contributed by atoms with Crippen molar-refractivity contribution in [3.05, 3.63) is 51.9 Å². The van der Waals surface area contributed by atoms with Crippen LogP contribution in [0.1, 0.15) is 17.1 Å². The highest BCUT2D eigenvalue weighted by molar-refractivity contribution is 9.10. The number of nitriles is 1. The van der Waals surface area contributed by atoms with Crippen LogP contribution in [0.4, 0.5) is 5.69 Å². The number of nitrogens with zero attached hydrogens (tertiary/aromatic N) is 2. The van der Waals surface area contributed by atoms with Crippen molar-refractivity contribution in [2.45, 2.75) is 13.5 Å². The summed E-state index contributed by atoms with van der Waals surface area (Å²) in [5.74, 6) is 1.82. The van der Waals surface area contributed by atoms with Crippen molar-refractivity contribution < 1.29 is 4.42 Å². The van der Waals surface area contributed by atoms with E-state index in [0.29, 0.717) is 12.1 Å². The highest BCUT2D eigenvalue weighted by Crippen LogP contribution is 2.23. The van der Waals surface area contributed by atoms with Gasteiger partial charge < -0.3 is 9.32 Å². The molecule has 0 atom stereocenters. The standard InChI is InChI=1S/C14H13BrN2O/c1-10-3-4-14(18-10)9-17(2)13-6-11(8-16)5-12(15)7-13/h3-7H,9H2,1-2H3. The molecule has 0 unspecified atom stereocenters. The Kier molecular flexibility index (Phi) is 3.73. The van der Waals surface area contributed by atoms with Gasteiger partial charge in [-0.05, 0) is 37.3 Å². The van der Waals surface area contributed by atoms with Gasteiger partial charge in [0.1, 0.15) is 11.5 Å². The first-order chi connectivity index (χ1) is 8.58. The van der Waals surface area contributed by atoms with Gasteiger partial charge in [-0.2, -0.15) is 5.26 Å². The number of furan rings is 1. The second-order valence-electron chi connectivity index (χ2n) is 4.18. The Labute approximate surface area is 115 Å². The van der Waals surface area contributed by atoms with Gasteiger partial charge in [-0.15, -0.1) is 0 Å². The molecule has 0 N–H and O–H groups in total. The lowest BCUT2D eigenvalue weighted by molar-refractivity contribution is 0.482. The zero-order valence-corrected chi connectivity index (χ0v) is 11.9. The van der Waals surface area contributed by atoms with Gasteiger partial charge in [0.15, 0.2) is 0 Å². The van der Waals surface area contributed by atoms with Crippen molar-refractivity contribution in [1.82, 2.24) is 0 Å². The molecule has 0 aliphatic rings. The quantitative estimate of drug-likeness (QED) is 0.864. The smallest absolute Gasteiger partial charge is 0.123 e. The first kappa shape index (κ1) is 12.7. The molecule has 1 aromatic heterocycles. The van der Waals surface area contributed by atoms with Gasteiger partial charge in [-0.25, -0.2) is 0 Å². The normalized spacial score (nSPS) is 10.1. The van der Waals surface area contributed by atoms with Crippen molar-refractivity contribution in [2.75, 3.05) is 11.9 Å². The van der Waals surface area contributed by atoms with E-state index in [0.717, 1.165) is 21.7 Å². The number of hydrogen-bond donors (Lipinski definition) is 0. The average Bonchev–Trinajstić information content (AvgIpc) is 2.73. The first-order valence-electron chi connectivity index (χ1n) is 5.55. The lowest BCUT2D eigenvalue weighted by Gasteiger charge is -2.18. The summed E-state index contributed by atoms with van der Waals surface area (Å²) in [6.07, 6.45) is 0. The summed E-state index contributed by atoms with van der Waals surface area (Å²) in [6.45, 7) is 2.60. The van der Waals surface area contributed by atoms with Crippen LogP contribution in [0.25, 0.3) is 0 Å². The molecule has 2 aromatic rings. The Morgan fingerprint density at radius 2 is 2.11 bits per heavy atom. The van der Waals surface area contributed by atoms with Crippen LogP contribution in [-0.4, -0.2) is 7.05 Å². The molecule has 0 aliphatic heterocycles. The summed E-state index contributed by atoms with van der Waals surface area (Å²) in [4.78, 5) is 2.05. The zero-order chi connectivity index (χ0) is 13.1. The van der Waals surface area contributed by atoms with Gasteiger partial charge in [-0.3, -0.25) is 0 Å². The molecule has 92 valence electrons. The summed E-state index contributed by atoms with van der Waals surface area (Å²) in [7, 11) is 1.97. The van der Waals surface area contributed by atoms with Crippen LogP contribution in [0, 0.1) is 18.3 Å². The fourth-order valence-corrected chi connectivity index (χ4v) is 2.24. The van der Waals surface area contributed by atoms with Gasteiger partial charge in [0.2, 0.25) is 0 Å². The van der Waals surface area contributed by atoms with Gasteiger partial charge in [0, 0.05) is 17.2 Å². The van der Waals surface area contributed by atoms with Crippen LogP contribution >= 0.6 is 15.9 Å². The van der Waals surface area contributed by atoms with E-state index in [1.54, 1.807) is 6.07 Å². The molecular formula is C14H13BrN2O. The summed E-state index contributed by atoms with van der Waals surface area (Å²) >= 11 is 3.41. The van der Waals surface area contributed by atoms with Crippen LogP contribution in [0.5, 0.6) is 0 Å². The van der Waals surface area contributed by atoms with E-state index in [-0.39, 0.29) is 0 Å². The van der Waals surface area contributed by atoms with Crippen LogP contribution in [-0.2, 0) is 6.54 Å². The van der Waals surface area contributed by atoms with E-state index < -0.39 is 0 Å². The van der Waals surface area contributed by atoms with Crippen molar-refractivity contribution in [3.8, 4) is 6.07 Å². The Morgan fingerprint density at radius 3 is 2.72 bits per heavy atom. The molecule has 0 amide bonds. The molecule has 2 rings (SSSR count). The Balaban J connectivity index is 2.21. The minimum absolute atomic E-state index is 0.641. The molecule has 1 heterocycles. The maximum Gasteiger partial charge on any atom is 0.123 e. The first-order valence-corrected chi connectivity index (χ1v) is 6.35. The molecule has 0 fully saturated rings. The summed E-state index contributed by atoms with van der Waals surface area (Å²) in [5.41, 5.74) is 1.62. The predicted molar refractivity (Wildman–Crippen MR) is 74.4 cm³/mol. The Bertz CT molecular complexity index is 598. The van der Waals surface area contributed by atoms with Crippen LogP contribution < -0.4 is 4.90 Å². The third-order valence-electron chi connectivity index (χ3n) is 2.64. The number of aryl methyl sites for hydroxylation is 1. The van der Waals surface area contributed by atoms with E-state index in [1.807, 2.05) is 43.1 Å². The van der Waals surface area contributed by atoms with Gasteiger partial charge >= 0.3 is 0 Å². The molecule has 0 saturated carbocycles. The number of anilines is 1. The van der Waals surface area contributed by atoms with E-state index in [1.165, 1.54) is 0 Å². The maximum atomic E-state index is 8.95. The predicted octanol–water partition coefficient (Wildman–Crippen LogP) is 3.86. The average molecular weight is 305 g/mol. The number of benzene rings is 1. The second-order valence-corrected chi connectivity index (χ2v) is 5.09. The fraction of sp³-hybridized carbons (Fsp3) is 0.214. The monoisotopic (exact) mass is 304 g/mol. The minimum atomic E-state index is 0.641. The molecule has 0 aliphatic carbocycles. The number of hydrogen-bond acceptors (Lipinski definition) is 3. The molecule has 0 spiro atoms. The van der Waals surface area contributed by atoms with Crippen LogP contribution in [0.15, 0.2) is 39.2 Å². The highest BCUT2D eigenvalue weighted by Gasteiger charge is 2.07. The van der Waals surface area contributed by atoms with Gasteiger partial charge in [0.25, 0.3) is 0 Å². The lowest BCUT2D eigenvalue weighted by atomic mass is 10.2. The third-order valence-corrected chi connectivity index (χ3v) is 3.10.